The monoisotopic (exact) mass is 343 g/mol. The number of carbonyl (C=O) groups is 1. The molecule has 2 aromatic carbocycles. The fourth-order valence-corrected chi connectivity index (χ4v) is 2.52. The molecule has 5 heteroatoms. The van der Waals surface area contributed by atoms with Gasteiger partial charge in [-0.1, -0.05) is 45.0 Å². The zero-order valence-corrected chi connectivity index (χ0v) is 14.9. The molecule has 2 aromatic rings. The van der Waals surface area contributed by atoms with Gasteiger partial charge in [0.15, 0.2) is 0 Å². The molecular weight excluding hydrogens is 318 g/mol. The Labute approximate surface area is 148 Å². The molecule has 0 saturated carbocycles. The number of ether oxygens (including phenoxy) is 2. The molecule has 0 aliphatic carbocycles. The van der Waals surface area contributed by atoms with E-state index in [4.69, 9.17) is 15.2 Å². The number of nitrogens with two attached hydrogens (primary N) is 1. The lowest BCUT2D eigenvalue weighted by atomic mass is 9.78. The average Bonchev–Trinajstić information content (AvgIpc) is 2.59. The molecular formula is C20H25NO4. The van der Waals surface area contributed by atoms with Crippen LogP contribution in [0.1, 0.15) is 31.9 Å². The van der Waals surface area contributed by atoms with E-state index in [-0.39, 0.29) is 23.7 Å². The summed E-state index contributed by atoms with van der Waals surface area (Å²) in [6.45, 7) is 6.87. The highest BCUT2D eigenvalue weighted by Gasteiger charge is 2.23. The van der Waals surface area contributed by atoms with Crippen molar-refractivity contribution in [3.63, 3.8) is 0 Å². The number of aromatic hydroxyl groups is 1. The van der Waals surface area contributed by atoms with E-state index < -0.39 is 6.09 Å². The summed E-state index contributed by atoms with van der Waals surface area (Å²) in [6.07, 6.45) is -0.771. The molecule has 1 unspecified atom stereocenters. The molecule has 25 heavy (non-hydrogen) atoms. The van der Waals surface area contributed by atoms with Crippen LogP contribution in [0.5, 0.6) is 11.5 Å². The maximum absolute atomic E-state index is 10.6. The number of amides is 1. The van der Waals surface area contributed by atoms with Crippen LogP contribution in [-0.2, 0) is 10.2 Å². The molecule has 2 rings (SSSR count). The average molecular weight is 343 g/mol. The zero-order chi connectivity index (χ0) is 18.4. The SMILES string of the molecule is CC(COC(N)=O)COc1ccc(C(C)(C)c2ccc(O)cc2)cc1. The fourth-order valence-electron chi connectivity index (χ4n) is 2.52. The lowest BCUT2D eigenvalue weighted by molar-refractivity contribution is 0.122. The lowest BCUT2D eigenvalue weighted by Crippen LogP contribution is -2.21. The van der Waals surface area contributed by atoms with Gasteiger partial charge >= 0.3 is 6.09 Å². The van der Waals surface area contributed by atoms with Crippen molar-refractivity contribution in [1.82, 2.24) is 0 Å². The Bertz CT molecular complexity index is 693. The maximum Gasteiger partial charge on any atom is 0.404 e. The molecule has 0 aliphatic rings. The highest BCUT2D eigenvalue weighted by atomic mass is 16.5. The van der Waals surface area contributed by atoms with E-state index in [1.165, 1.54) is 0 Å². The third-order valence-corrected chi connectivity index (χ3v) is 4.21. The second kappa shape index (κ2) is 7.92. The van der Waals surface area contributed by atoms with Gasteiger partial charge in [0.25, 0.3) is 0 Å². The van der Waals surface area contributed by atoms with Gasteiger partial charge in [-0.25, -0.2) is 4.79 Å². The minimum Gasteiger partial charge on any atom is -0.508 e. The molecule has 0 heterocycles. The fraction of sp³-hybridized carbons (Fsp3) is 0.350. The van der Waals surface area contributed by atoms with Crippen LogP contribution in [0.4, 0.5) is 4.79 Å². The Morgan fingerprint density at radius 2 is 1.56 bits per heavy atom. The van der Waals surface area contributed by atoms with Crippen molar-refractivity contribution in [2.24, 2.45) is 11.7 Å². The van der Waals surface area contributed by atoms with Crippen LogP contribution in [0.15, 0.2) is 48.5 Å². The molecule has 3 N–H and O–H groups in total. The van der Waals surface area contributed by atoms with Gasteiger partial charge in [0.1, 0.15) is 11.5 Å². The summed E-state index contributed by atoms with van der Waals surface area (Å²) in [5.74, 6) is 1.08. The van der Waals surface area contributed by atoms with Crippen LogP contribution in [0.3, 0.4) is 0 Å². The summed E-state index contributed by atoms with van der Waals surface area (Å²) in [5.41, 5.74) is 7.03. The maximum atomic E-state index is 10.6. The topological polar surface area (TPSA) is 81.8 Å². The molecule has 134 valence electrons. The molecule has 0 aliphatic heterocycles. The van der Waals surface area contributed by atoms with Crippen LogP contribution >= 0.6 is 0 Å². The highest BCUT2D eigenvalue weighted by Crippen LogP contribution is 2.33. The normalized spacial score (nSPS) is 12.4. The van der Waals surface area contributed by atoms with E-state index in [9.17, 15) is 9.90 Å². The third-order valence-electron chi connectivity index (χ3n) is 4.21. The van der Waals surface area contributed by atoms with Crippen LogP contribution in [0.25, 0.3) is 0 Å². The first kappa shape index (κ1) is 18.6. The summed E-state index contributed by atoms with van der Waals surface area (Å²) in [7, 11) is 0. The van der Waals surface area contributed by atoms with Gasteiger partial charge in [0.05, 0.1) is 13.2 Å². The smallest absolute Gasteiger partial charge is 0.404 e. The highest BCUT2D eigenvalue weighted by molar-refractivity contribution is 5.64. The Balaban J connectivity index is 1.99. The lowest BCUT2D eigenvalue weighted by Gasteiger charge is -2.26. The first-order chi connectivity index (χ1) is 11.8. The number of carbonyl (C=O) groups excluding carboxylic acids is 1. The predicted molar refractivity (Wildman–Crippen MR) is 96.9 cm³/mol. The number of rotatable bonds is 7. The molecule has 0 bridgehead atoms. The Morgan fingerprint density at radius 3 is 2.08 bits per heavy atom. The van der Waals surface area contributed by atoms with Crippen LogP contribution in [0, 0.1) is 5.92 Å². The number of phenolic OH excluding ortho intramolecular Hbond substituents is 1. The van der Waals surface area contributed by atoms with Crippen LogP contribution in [0.2, 0.25) is 0 Å². The van der Waals surface area contributed by atoms with Gasteiger partial charge in [0.2, 0.25) is 0 Å². The van der Waals surface area contributed by atoms with Gasteiger partial charge in [-0.05, 0) is 35.4 Å². The van der Waals surface area contributed by atoms with Crippen molar-refractivity contribution in [1.29, 1.82) is 0 Å². The van der Waals surface area contributed by atoms with Gasteiger partial charge in [0, 0.05) is 11.3 Å². The first-order valence-electron chi connectivity index (χ1n) is 8.24. The zero-order valence-electron chi connectivity index (χ0n) is 14.9. The van der Waals surface area contributed by atoms with Crippen LogP contribution < -0.4 is 10.5 Å². The van der Waals surface area contributed by atoms with E-state index >= 15 is 0 Å². The molecule has 0 aromatic heterocycles. The molecule has 5 nitrogen and oxygen atoms in total. The number of primary amides is 1. The Morgan fingerprint density at radius 1 is 1.04 bits per heavy atom. The van der Waals surface area contributed by atoms with Gasteiger partial charge in [-0.2, -0.15) is 0 Å². The van der Waals surface area contributed by atoms with Gasteiger partial charge in [-0.15, -0.1) is 0 Å². The number of benzene rings is 2. The molecule has 1 amide bonds. The first-order valence-corrected chi connectivity index (χ1v) is 8.24. The van der Waals surface area contributed by atoms with Gasteiger partial charge < -0.3 is 20.3 Å². The summed E-state index contributed by atoms with van der Waals surface area (Å²) < 4.78 is 10.5. The van der Waals surface area contributed by atoms with Crippen molar-refractivity contribution in [3.8, 4) is 11.5 Å². The second-order valence-corrected chi connectivity index (χ2v) is 6.74. The Hall–Kier alpha value is -2.69. The van der Waals surface area contributed by atoms with Crippen molar-refractivity contribution in [3.05, 3.63) is 59.7 Å². The summed E-state index contributed by atoms with van der Waals surface area (Å²) in [5, 5.41) is 9.45. The van der Waals surface area contributed by atoms with Crippen molar-refractivity contribution in [2.75, 3.05) is 13.2 Å². The Kier molecular flexibility index (Phi) is 5.91. The summed E-state index contributed by atoms with van der Waals surface area (Å²) in [6, 6.07) is 15.2. The minimum absolute atomic E-state index is 0.0561. The van der Waals surface area contributed by atoms with E-state index in [1.807, 2.05) is 43.3 Å². The van der Waals surface area contributed by atoms with Crippen molar-refractivity contribution in [2.45, 2.75) is 26.2 Å². The largest absolute Gasteiger partial charge is 0.508 e. The predicted octanol–water partition coefficient (Wildman–Crippen LogP) is 3.83. The quantitative estimate of drug-likeness (QED) is 0.800. The number of hydrogen-bond acceptors (Lipinski definition) is 4. The second-order valence-electron chi connectivity index (χ2n) is 6.74. The van der Waals surface area contributed by atoms with Crippen LogP contribution in [-0.4, -0.2) is 24.4 Å². The molecule has 0 saturated heterocycles. The molecule has 0 radical (unpaired) electrons. The van der Waals surface area contributed by atoms with E-state index in [1.54, 1.807) is 12.1 Å². The van der Waals surface area contributed by atoms with Gasteiger partial charge in [-0.3, -0.25) is 0 Å². The van der Waals surface area contributed by atoms with E-state index in [0.717, 1.165) is 16.9 Å². The third kappa shape index (κ3) is 5.14. The van der Waals surface area contributed by atoms with E-state index in [0.29, 0.717) is 6.61 Å². The molecule has 0 fully saturated rings. The number of phenols is 1. The summed E-state index contributed by atoms with van der Waals surface area (Å²) >= 11 is 0. The molecule has 0 spiro atoms. The standard InChI is InChI=1S/C20H25NO4/c1-14(13-25-19(21)23)12-24-18-10-6-16(7-11-18)20(2,3)15-4-8-17(22)9-5-15/h4-11,14,22H,12-13H2,1-3H3,(H2,21,23). The van der Waals surface area contributed by atoms with Crippen molar-refractivity contribution >= 4 is 6.09 Å². The minimum atomic E-state index is -0.771. The number of hydrogen-bond donors (Lipinski definition) is 2. The van der Waals surface area contributed by atoms with Crippen molar-refractivity contribution < 1.29 is 19.4 Å². The van der Waals surface area contributed by atoms with E-state index in [2.05, 4.69) is 13.8 Å². The summed E-state index contributed by atoms with van der Waals surface area (Å²) in [4.78, 5) is 10.6. The molecule has 1 atom stereocenters.